The molecule has 4 nitrogen and oxygen atoms in total. The molecule has 2 fully saturated rings. The number of nitrogens with zero attached hydrogens (tertiary/aromatic N) is 2. The molecular weight excluding hydrogens is 320 g/mol. The lowest BCUT2D eigenvalue weighted by atomic mass is 10.0. The molecule has 2 heterocycles. The average Bonchev–Trinajstić information content (AvgIpc) is 3.05. The van der Waals surface area contributed by atoms with E-state index in [2.05, 4.69) is 24.3 Å². The van der Waals surface area contributed by atoms with Crippen molar-refractivity contribution in [3.8, 4) is 0 Å². The third kappa shape index (κ3) is 4.53. The Morgan fingerprint density at radius 2 is 1.88 bits per heavy atom. The molecule has 1 aromatic rings. The van der Waals surface area contributed by atoms with E-state index in [1.165, 1.54) is 5.56 Å². The van der Waals surface area contributed by atoms with E-state index in [0.717, 1.165) is 50.4 Å². The van der Waals surface area contributed by atoms with Gasteiger partial charge in [0.25, 0.3) is 0 Å². The molecule has 0 N–H and O–H groups in total. The van der Waals surface area contributed by atoms with Gasteiger partial charge < -0.3 is 9.80 Å². The zero-order chi connectivity index (χ0) is 16.8. The van der Waals surface area contributed by atoms with Gasteiger partial charge in [-0.05, 0) is 24.8 Å². The minimum Gasteiger partial charge on any atom is -0.343 e. The van der Waals surface area contributed by atoms with Crippen LogP contribution in [0.4, 0.5) is 0 Å². The second-order valence-corrected chi connectivity index (χ2v) is 7.70. The van der Waals surface area contributed by atoms with Gasteiger partial charge in [-0.15, -0.1) is 0 Å². The summed E-state index contributed by atoms with van der Waals surface area (Å²) in [4.78, 5) is 28.2. The van der Waals surface area contributed by atoms with Gasteiger partial charge in [0.2, 0.25) is 11.8 Å². The van der Waals surface area contributed by atoms with Crippen LogP contribution in [-0.4, -0.2) is 53.0 Å². The summed E-state index contributed by atoms with van der Waals surface area (Å²) in [7, 11) is 0. The van der Waals surface area contributed by atoms with Crippen molar-refractivity contribution in [2.45, 2.75) is 43.9 Å². The molecule has 2 saturated heterocycles. The summed E-state index contributed by atoms with van der Waals surface area (Å²) in [6, 6.07) is 10.7. The minimum absolute atomic E-state index is 0.266. The predicted molar refractivity (Wildman–Crippen MR) is 97.8 cm³/mol. The maximum atomic E-state index is 12.3. The number of carbonyl (C=O) groups excluding carboxylic acids is 2. The van der Waals surface area contributed by atoms with Gasteiger partial charge >= 0.3 is 0 Å². The summed E-state index contributed by atoms with van der Waals surface area (Å²) in [6.07, 6.45) is 4.20. The molecule has 0 spiro atoms. The minimum atomic E-state index is 0.266. The molecule has 0 atom stereocenters. The van der Waals surface area contributed by atoms with Crippen molar-refractivity contribution in [3.63, 3.8) is 0 Å². The van der Waals surface area contributed by atoms with Crippen LogP contribution in [0.25, 0.3) is 0 Å². The van der Waals surface area contributed by atoms with Crippen LogP contribution in [0.3, 0.4) is 0 Å². The number of piperidine rings is 1. The van der Waals surface area contributed by atoms with Crippen LogP contribution in [0.2, 0.25) is 0 Å². The molecule has 2 aliphatic heterocycles. The van der Waals surface area contributed by atoms with Gasteiger partial charge in [0.15, 0.2) is 0 Å². The Balaban J connectivity index is 1.34. The summed E-state index contributed by atoms with van der Waals surface area (Å²) >= 11 is 1.82. The first-order chi connectivity index (χ1) is 11.7. The molecule has 2 aliphatic rings. The fraction of sp³-hybridized carbons (Fsp3) is 0.579. The van der Waals surface area contributed by atoms with Crippen LogP contribution in [0.1, 0.15) is 37.7 Å². The number of rotatable bonds is 6. The fourth-order valence-electron chi connectivity index (χ4n) is 3.56. The predicted octanol–water partition coefficient (Wildman–Crippen LogP) is 2.92. The number of amides is 2. The Morgan fingerprint density at radius 1 is 1.12 bits per heavy atom. The smallest absolute Gasteiger partial charge is 0.223 e. The Morgan fingerprint density at radius 3 is 2.54 bits per heavy atom. The summed E-state index contributed by atoms with van der Waals surface area (Å²) in [6.45, 7) is 2.51. The van der Waals surface area contributed by atoms with E-state index in [1.807, 2.05) is 27.6 Å². The van der Waals surface area contributed by atoms with Crippen molar-refractivity contribution in [1.29, 1.82) is 0 Å². The summed E-state index contributed by atoms with van der Waals surface area (Å²) in [5.74, 6) is 2.41. The maximum absolute atomic E-state index is 12.3. The van der Waals surface area contributed by atoms with Gasteiger partial charge in [-0.2, -0.15) is 11.8 Å². The lowest BCUT2D eigenvalue weighted by molar-refractivity contribution is -0.134. The molecular formula is C19H26N2O2S. The molecule has 2 amide bonds. The van der Waals surface area contributed by atoms with Gasteiger partial charge in [0.1, 0.15) is 0 Å². The van der Waals surface area contributed by atoms with E-state index < -0.39 is 0 Å². The average molecular weight is 346 g/mol. The van der Waals surface area contributed by atoms with Crippen LogP contribution in [-0.2, 0) is 15.3 Å². The first kappa shape index (κ1) is 17.3. The molecule has 0 bridgehead atoms. The number of hydrogen-bond donors (Lipinski definition) is 0. The zero-order valence-electron chi connectivity index (χ0n) is 14.2. The van der Waals surface area contributed by atoms with Gasteiger partial charge in [-0.25, -0.2) is 0 Å². The van der Waals surface area contributed by atoms with Crippen molar-refractivity contribution in [2.24, 2.45) is 0 Å². The van der Waals surface area contributed by atoms with E-state index in [1.54, 1.807) is 0 Å². The van der Waals surface area contributed by atoms with Crippen molar-refractivity contribution in [3.05, 3.63) is 35.9 Å². The zero-order valence-corrected chi connectivity index (χ0v) is 15.0. The van der Waals surface area contributed by atoms with Crippen molar-refractivity contribution in [2.75, 3.05) is 25.4 Å². The van der Waals surface area contributed by atoms with Crippen LogP contribution >= 0.6 is 11.8 Å². The van der Waals surface area contributed by atoms with Gasteiger partial charge in [0, 0.05) is 50.0 Å². The molecule has 0 radical (unpaired) electrons. The second kappa shape index (κ2) is 8.56. The van der Waals surface area contributed by atoms with E-state index in [9.17, 15) is 9.59 Å². The Hall–Kier alpha value is -1.49. The third-order valence-corrected chi connectivity index (χ3v) is 5.97. The largest absolute Gasteiger partial charge is 0.343 e. The highest BCUT2D eigenvalue weighted by molar-refractivity contribution is 7.98. The normalized spacial score (nSPS) is 19.1. The van der Waals surface area contributed by atoms with Crippen LogP contribution in [0.5, 0.6) is 0 Å². The number of benzene rings is 1. The van der Waals surface area contributed by atoms with Gasteiger partial charge in [0.05, 0.1) is 0 Å². The number of carbonyl (C=O) groups is 2. The fourth-order valence-corrected chi connectivity index (χ4v) is 4.46. The van der Waals surface area contributed by atoms with E-state index >= 15 is 0 Å². The van der Waals surface area contributed by atoms with E-state index in [-0.39, 0.29) is 5.91 Å². The Kier molecular flexibility index (Phi) is 6.18. The topological polar surface area (TPSA) is 40.6 Å². The lowest BCUT2D eigenvalue weighted by Crippen LogP contribution is -2.47. The first-order valence-electron chi connectivity index (χ1n) is 8.93. The van der Waals surface area contributed by atoms with Crippen molar-refractivity contribution in [1.82, 2.24) is 9.80 Å². The third-order valence-electron chi connectivity index (χ3n) is 4.94. The lowest BCUT2D eigenvalue weighted by Gasteiger charge is -2.36. The van der Waals surface area contributed by atoms with Crippen LogP contribution in [0.15, 0.2) is 30.3 Å². The molecule has 5 heteroatoms. The molecule has 0 aromatic heterocycles. The quantitative estimate of drug-likeness (QED) is 0.744. The Bertz CT molecular complexity index is 556. The van der Waals surface area contributed by atoms with Gasteiger partial charge in [-0.1, -0.05) is 30.3 Å². The monoisotopic (exact) mass is 346 g/mol. The van der Waals surface area contributed by atoms with Gasteiger partial charge in [-0.3, -0.25) is 9.59 Å². The van der Waals surface area contributed by atoms with Crippen LogP contribution in [0, 0.1) is 0 Å². The summed E-state index contributed by atoms with van der Waals surface area (Å²) in [5, 5.41) is 0. The molecule has 0 aliphatic carbocycles. The van der Waals surface area contributed by atoms with Crippen molar-refractivity contribution < 1.29 is 9.59 Å². The summed E-state index contributed by atoms with van der Waals surface area (Å²) < 4.78 is 0. The van der Waals surface area contributed by atoms with Crippen molar-refractivity contribution >= 4 is 23.6 Å². The standard InChI is InChI=1S/C19H26N2O2S/c22-18(10-14-24-15-16-5-2-1-3-6-16)20-12-8-17(9-13-20)21-11-4-7-19(21)23/h1-3,5-6,17H,4,7-15H2. The molecule has 0 saturated carbocycles. The Labute approximate surface area is 148 Å². The molecule has 1 aromatic carbocycles. The van der Waals surface area contributed by atoms with Crippen LogP contribution < -0.4 is 0 Å². The highest BCUT2D eigenvalue weighted by Crippen LogP contribution is 2.22. The summed E-state index contributed by atoms with van der Waals surface area (Å²) in [5.41, 5.74) is 1.31. The highest BCUT2D eigenvalue weighted by atomic mass is 32.2. The SMILES string of the molecule is O=C(CCSCc1ccccc1)N1CCC(N2CCCC2=O)CC1. The number of thioether (sulfide) groups is 1. The molecule has 0 unspecified atom stereocenters. The molecule has 3 rings (SSSR count). The second-order valence-electron chi connectivity index (χ2n) is 6.59. The number of likely N-dealkylation sites (tertiary alicyclic amines) is 2. The first-order valence-corrected chi connectivity index (χ1v) is 10.1. The maximum Gasteiger partial charge on any atom is 0.223 e. The molecule has 24 heavy (non-hydrogen) atoms. The number of hydrogen-bond acceptors (Lipinski definition) is 3. The molecule has 130 valence electrons. The van der Waals surface area contributed by atoms with E-state index in [0.29, 0.717) is 24.8 Å². The highest BCUT2D eigenvalue weighted by Gasteiger charge is 2.31. The van der Waals surface area contributed by atoms with E-state index in [4.69, 9.17) is 0 Å².